The lowest BCUT2D eigenvalue weighted by Crippen LogP contribution is -2.77. The molecule has 0 aromatic heterocycles. The predicted molar refractivity (Wildman–Crippen MR) is 135 cm³/mol. The summed E-state index contributed by atoms with van der Waals surface area (Å²) in [5.74, 6) is 1.72. The number of ketones is 1. The molecule has 4 atom stereocenters. The van der Waals surface area contributed by atoms with Crippen molar-refractivity contribution in [3.05, 3.63) is 53.1 Å². The van der Waals surface area contributed by atoms with Gasteiger partial charge in [-0.05, 0) is 74.2 Å². The number of carbonyl (C=O) groups excluding carboxylic acids is 2. The van der Waals surface area contributed by atoms with Gasteiger partial charge in [0.05, 0.1) is 18.6 Å². The van der Waals surface area contributed by atoms with Crippen LogP contribution in [0.5, 0.6) is 17.2 Å². The van der Waals surface area contributed by atoms with Crippen LogP contribution in [0.3, 0.4) is 0 Å². The van der Waals surface area contributed by atoms with Gasteiger partial charge in [0.25, 0.3) is 0 Å². The van der Waals surface area contributed by atoms with E-state index in [4.69, 9.17) is 14.2 Å². The molecule has 2 aliphatic heterocycles. The van der Waals surface area contributed by atoms with Crippen LogP contribution in [0.15, 0.2) is 36.4 Å². The van der Waals surface area contributed by atoms with Crippen molar-refractivity contribution in [2.24, 2.45) is 5.92 Å². The highest BCUT2D eigenvalue weighted by Gasteiger charge is 2.75. The number of hydrogen-bond acceptors (Lipinski definition) is 7. The van der Waals surface area contributed by atoms with Crippen molar-refractivity contribution < 1.29 is 28.9 Å². The zero-order valence-corrected chi connectivity index (χ0v) is 21.2. The number of hydrogen-bond donors (Lipinski definition) is 1. The van der Waals surface area contributed by atoms with Gasteiger partial charge in [-0.15, -0.1) is 0 Å². The Kier molecular flexibility index (Phi) is 5.13. The first-order chi connectivity index (χ1) is 18.0. The number of carbonyl (C=O) groups is 2. The number of piperidine rings is 1. The quantitative estimate of drug-likeness (QED) is 0.577. The lowest BCUT2D eigenvalue weighted by molar-refractivity contribution is -0.216. The largest absolute Gasteiger partial charge is 0.504 e. The second kappa shape index (κ2) is 8.22. The lowest BCUT2D eigenvalue weighted by atomic mass is 9.48. The van der Waals surface area contributed by atoms with E-state index in [-0.39, 0.29) is 30.0 Å². The average molecular weight is 504 g/mol. The summed E-state index contributed by atoms with van der Waals surface area (Å²) >= 11 is 0. The zero-order chi connectivity index (χ0) is 25.4. The van der Waals surface area contributed by atoms with Gasteiger partial charge in [0.15, 0.2) is 23.4 Å². The Bertz CT molecular complexity index is 1290. The molecule has 7 heteroatoms. The van der Waals surface area contributed by atoms with Gasteiger partial charge in [0, 0.05) is 24.9 Å². The maximum absolute atomic E-state index is 13.6. The van der Waals surface area contributed by atoms with Gasteiger partial charge in [-0.2, -0.15) is 0 Å². The minimum absolute atomic E-state index is 0.0146. The number of benzene rings is 2. The Morgan fingerprint density at radius 1 is 1.19 bits per heavy atom. The van der Waals surface area contributed by atoms with E-state index < -0.39 is 17.1 Å². The van der Waals surface area contributed by atoms with E-state index in [1.165, 1.54) is 12.8 Å². The molecule has 37 heavy (non-hydrogen) atoms. The van der Waals surface area contributed by atoms with Gasteiger partial charge < -0.3 is 19.3 Å². The monoisotopic (exact) mass is 503 g/mol. The van der Waals surface area contributed by atoms with Gasteiger partial charge in [0.2, 0.25) is 0 Å². The maximum Gasteiger partial charge on any atom is 0.306 e. The standard InChI is InChI=1S/C30H33NO6/c1-35-23-5-3-2-4-19(23)9-11-25(34)37-30-13-12-22(33)28-29(30)14-15-31(17-18-6-7-18)24(30)16-20-8-10-21(32)27(36-28)26(20)29/h2-5,8,10,18,24,28,32H,6-7,9,11-17H2,1H3/t24?,28-,29-,30+/m0/s1. The number of phenols is 1. The number of methoxy groups -OCH3 is 1. The van der Waals surface area contributed by atoms with Crippen LogP contribution >= 0.6 is 0 Å². The number of likely N-dealkylation sites (tertiary alicyclic amines) is 1. The summed E-state index contributed by atoms with van der Waals surface area (Å²) in [6.45, 7) is 1.84. The Morgan fingerprint density at radius 3 is 2.84 bits per heavy atom. The fraction of sp³-hybridized carbons (Fsp3) is 0.533. The molecule has 2 aromatic carbocycles. The van der Waals surface area contributed by atoms with Gasteiger partial charge >= 0.3 is 5.97 Å². The maximum atomic E-state index is 13.6. The van der Waals surface area contributed by atoms with Gasteiger partial charge in [0.1, 0.15) is 11.4 Å². The first kappa shape index (κ1) is 23.1. The smallest absolute Gasteiger partial charge is 0.306 e. The van der Waals surface area contributed by atoms with Gasteiger partial charge in [-0.1, -0.05) is 24.3 Å². The van der Waals surface area contributed by atoms with Crippen molar-refractivity contribution in [2.75, 3.05) is 20.2 Å². The highest BCUT2D eigenvalue weighted by molar-refractivity contribution is 5.90. The van der Waals surface area contributed by atoms with Crippen LogP contribution < -0.4 is 9.47 Å². The minimum atomic E-state index is -0.859. The number of phenolic OH excluding ortho intramolecular Hbond substituents is 1. The van der Waals surface area contributed by atoms with Crippen LogP contribution in [-0.2, 0) is 32.6 Å². The van der Waals surface area contributed by atoms with Crippen LogP contribution in [0.2, 0.25) is 0 Å². The molecule has 2 heterocycles. The highest BCUT2D eigenvalue weighted by Crippen LogP contribution is 2.66. The van der Waals surface area contributed by atoms with E-state index in [9.17, 15) is 14.7 Å². The number of ether oxygens (including phenoxy) is 3. The van der Waals surface area contributed by atoms with E-state index in [1.54, 1.807) is 13.2 Å². The van der Waals surface area contributed by atoms with Crippen molar-refractivity contribution in [1.29, 1.82) is 0 Å². The fourth-order valence-corrected chi connectivity index (χ4v) is 7.84. The molecular weight excluding hydrogens is 470 g/mol. The summed E-state index contributed by atoms with van der Waals surface area (Å²) in [4.78, 5) is 29.5. The Hall–Kier alpha value is -3.06. The molecule has 1 unspecified atom stereocenters. The third-order valence-electron chi connectivity index (χ3n) is 9.61. The lowest BCUT2D eigenvalue weighted by Gasteiger charge is -2.63. The predicted octanol–water partition coefficient (Wildman–Crippen LogP) is 3.72. The van der Waals surface area contributed by atoms with Crippen molar-refractivity contribution in [2.45, 2.75) is 74.5 Å². The summed E-state index contributed by atoms with van der Waals surface area (Å²) in [7, 11) is 1.64. The Labute approximate surface area is 216 Å². The summed E-state index contributed by atoms with van der Waals surface area (Å²) in [6.07, 6.45) is 4.72. The second-order valence-electron chi connectivity index (χ2n) is 11.5. The number of aromatic hydroxyl groups is 1. The molecule has 194 valence electrons. The number of para-hydroxylation sites is 1. The van der Waals surface area contributed by atoms with Crippen LogP contribution in [0.4, 0.5) is 0 Å². The molecule has 0 amide bonds. The van der Waals surface area contributed by atoms with Crippen LogP contribution in [0, 0.1) is 5.92 Å². The van der Waals surface area contributed by atoms with E-state index in [0.29, 0.717) is 37.4 Å². The van der Waals surface area contributed by atoms with E-state index in [0.717, 1.165) is 42.0 Å². The molecule has 1 N–H and O–H groups in total. The molecule has 2 saturated carbocycles. The Morgan fingerprint density at radius 2 is 2.03 bits per heavy atom. The molecule has 1 spiro atoms. The van der Waals surface area contributed by atoms with E-state index in [2.05, 4.69) is 4.90 Å². The molecule has 5 aliphatic rings. The summed E-state index contributed by atoms with van der Waals surface area (Å²) < 4.78 is 18.4. The van der Waals surface area contributed by atoms with Crippen LogP contribution in [-0.4, -0.2) is 59.7 Å². The normalized spacial score (nSPS) is 31.4. The van der Waals surface area contributed by atoms with Crippen molar-refractivity contribution in [1.82, 2.24) is 4.90 Å². The zero-order valence-electron chi connectivity index (χ0n) is 21.2. The number of rotatable bonds is 7. The molecule has 1 saturated heterocycles. The fourth-order valence-electron chi connectivity index (χ4n) is 7.84. The van der Waals surface area contributed by atoms with E-state index >= 15 is 0 Å². The van der Waals surface area contributed by atoms with Crippen molar-refractivity contribution >= 4 is 11.8 Å². The van der Waals surface area contributed by atoms with E-state index in [1.807, 2.05) is 30.3 Å². The van der Waals surface area contributed by atoms with Gasteiger partial charge in [-0.3, -0.25) is 14.5 Å². The summed E-state index contributed by atoms with van der Waals surface area (Å²) in [5, 5.41) is 10.7. The van der Waals surface area contributed by atoms with Crippen LogP contribution in [0.1, 0.15) is 55.2 Å². The van der Waals surface area contributed by atoms with Crippen LogP contribution in [0.25, 0.3) is 0 Å². The highest BCUT2D eigenvalue weighted by atomic mass is 16.6. The number of esters is 1. The average Bonchev–Trinajstić information content (AvgIpc) is 3.64. The summed E-state index contributed by atoms with van der Waals surface area (Å²) in [6, 6.07) is 11.4. The third-order valence-corrected chi connectivity index (χ3v) is 9.61. The molecule has 3 fully saturated rings. The first-order valence-corrected chi connectivity index (χ1v) is 13.6. The molecular formula is C30H33NO6. The number of aryl methyl sites for hydroxylation is 1. The minimum Gasteiger partial charge on any atom is -0.504 e. The molecule has 2 bridgehead atoms. The Balaban J connectivity index is 1.29. The van der Waals surface area contributed by atoms with Crippen molar-refractivity contribution in [3.8, 4) is 17.2 Å². The third kappa shape index (κ3) is 3.22. The number of Topliss-reactive ketones (excluding diaryl/α,β-unsaturated/α-hetero) is 1. The van der Waals surface area contributed by atoms with Gasteiger partial charge in [-0.25, -0.2) is 0 Å². The second-order valence-corrected chi connectivity index (χ2v) is 11.5. The molecule has 0 radical (unpaired) electrons. The molecule has 3 aliphatic carbocycles. The summed E-state index contributed by atoms with van der Waals surface area (Å²) in [5.41, 5.74) is 1.37. The molecule has 2 aromatic rings. The first-order valence-electron chi connectivity index (χ1n) is 13.6. The number of nitrogens with zero attached hydrogens (tertiary/aromatic N) is 1. The topological polar surface area (TPSA) is 85.3 Å². The molecule has 7 nitrogen and oxygen atoms in total. The SMILES string of the molecule is COc1ccccc1CCC(=O)O[C@@]12CCC(=O)[C@@H]3Oc4c(O)ccc5c4[C@@]31CCN(CC1CC1)C2C5. The van der Waals surface area contributed by atoms with Crippen molar-refractivity contribution in [3.63, 3.8) is 0 Å². The molecule has 7 rings (SSSR count).